The predicted octanol–water partition coefficient (Wildman–Crippen LogP) is 4.73. The van der Waals surface area contributed by atoms with E-state index < -0.39 is 10.8 Å². The number of phenols is 1. The summed E-state index contributed by atoms with van der Waals surface area (Å²) in [6.07, 6.45) is 0. The molecule has 22 heavy (non-hydrogen) atoms. The van der Waals surface area contributed by atoms with Crippen LogP contribution in [0.1, 0.15) is 10.4 Å². The highest BCUT2D eigenvalue weighted by atomic mass is 79.9. The van der Waals surface area contributed by atoms with Crippen molar-refractivity contribution in [1.29, 1.82) is 0 Å². The molecule has 0 saturated heterocycles. The van der Waals surface area contributed by atoms with E-state index in [0.717, 1.165) is 6.07 Å². The molecule has 2 aromatic carbocycles. The van der Waals surface area contributed by atoms with Gasteiger partial charge < -0.3 is 10.4 Å². The molecule has 1 amide bonds. The molecule has 0 aliphatic heterocycles. The molecule has 0 spiro atoms. The van der Waals surface area contributed by atoms with Gasteiger partial charge in [-0.2, -0.15) is 0 Å². The first kappa shape index (κ1) is 16.7. The van der Waals surface area contributed by atoms with Crippen LogP contribution in [-0.2, 0) is 0 Å². The lowest BCUT2D eigenvalue weighted by molar-refractivity contribution is -0.383. The Morgan fingerprint density at radius 2 is 1.95 bits per heavy atom. The Bertz CT molecular complexity index is 783. The van der Waals surface area contributed by atoms with Crippen molar-refractivity contribution in [3.8, 4) is 5.75 Å². The molecule has 6 nitrogen and oxygen atoms in total. The standard InChI is InChI=1S/C13H7Br2ClN2O4/c14-6-3-8(12(19)9(15)4-6)13(20)17-10-2-1-7(16)5-11(10)18(21)22/h1-5,19H,(H,17,20). The van der Waals surface area contributed by atoms with Crippen molar-refractivity contribution in [2.75, 3.05) is 5.32 Å². The van der Waals surface area contributed by atoms with Gasteiger partial charge in [-0.15, -0.1) is 0 Å². The van der Waals surface area contributed by atoms with Gasteiger partial charge in [-0.3, -0.25) is 14.9 Å². The summed E-state index contributed by atoms with van der Waals surface area (Å²) in [7, 11) is 0. The van der Waals surface area contributed by atoms with Gasteiger partial charge >= 0.3 is 0 Å². The summed E-state index contributed by atoms with van der Waals surface area (Å²) in [5.41, 5.74) is -0.394. The van der Waals surface area contributed by atoms with Crippen LogP contribution in [0.25, 0.3) is 0 Å². The fourth-order valence-electron chi connectivity index (χ4n) is 1.69. The van der Waals surface area contributed by atoms with Crippen LogP contribution in [0.15, 0.2) is 39.3 Å². The minimum absolute atomic E-state index is 0.0186. The highest BCUT2D eigenvalue weighted by Crippen LogP contribution is 2.33. The zero-order valence-corrected chi connectivity index (χ0v) is 14.6. The normalized spacial score (nSPS) is 10.3. The highest BCUT2D eigenvalue weighted by Gasteiger charge is 2.20. The van der Waals surface area contributed by atoms with Crippen LogP contribution in [0.3, 0.4) is 0 Å². The third-order valence-corrected chi connectivity index (χ3v) is 3.97. The van der Waals surface area contributed by atoms with Gasteiger partial charge in [-0.1, -0.05) is 27.5 Å². The van der Waals surface area contributed by atoms with Crippen LogP contribution in [0.2, 0.25) is 5.02 Å². The number of phenolic OH excluding ortho intramolecular Hbond substituents is 1. The third-order valence-electron chi connectivity index (χ3n) is 2.68. The molecule has 2 N–H and O–H groups in total. The van der Waals surface area contributed by atoms with E-state index in [1.54, 1.807) is 6.07 Å². The van der Waals surface area contributed by atoms with Crippen molar-refractivity contribution < 1.29 is 14.8 Å². The number of anilines is 1. The molecule has 0 heterocycles. The number of benzene rings is 2. The quantitative estimate of drug-likeness (QED) is 0.522. The first-order chi connectivity index (χ1) is 10.3. The average Bonchev–Trinajstić information content (AvgIpc) is 2.44. The number of carbonyl (C=O) groups is 1. The Kier molecular flexibility index (Phi) is 5.05. The monoisotopic (exact) mass is 448 g/mol. The van der Waals surface area contributed by atoms with E-state index in [9.17, 15) is 20.0 Å². The molecule has 0 saturated carbocycles. The van der Waals surface area contributed by atoms with Gasteiger partial charge in [0, 0.05) is 15.6 Å². The fourth-order valence-corrected chi connectivity index (χ4v) is 3.08. The van der Waals surface area contributed by atoms with Gasteiger partial charge in [0.25, 0.3) is 11.6 Å². The van der Waals surface area contributed by atoms with Crippen molar-refractivity contribution >= 4 is 60.7 Å². The molecule has 9 heteroatoms. The molecule has 2 rings (SSSR count). The van der Waals surface area contributed by atoms with Crippen LogP contribution in [-0.4, -0.2) is 15.9 Å². The fraction of sp³-hybridized carbons (Fsp3) is 0. The van der Waals surface area contributed by atoms with Crippen LogP contribution in [0, 0.1) is 10.1 Å². The smallest absolute Gasteiger partial charge is 0.294 e. The van der Waals surface area contributed by atoms with E-state index in [-0.39, 0.29) is 27.7 Å². The Hall–Kier alpha value is -1.64. The number of carbonyl (C=O) groups excluding carboxylic acids is 1. The highest BCUT2D eigenvalue weighted by molar-refractivity contribution is 9.11. The number of nitro groups is 1. The SMILES string of the molecule is O=C(Nc1ccc(Cl)cc1[N+](=O)[O-])c1cc(Br)cc(Br)c1O. The Labute approximate surface area is 146 Å². The molecule has 2 aromatic rings. The molecule has 0 aromatic heterocycles. The van der Waals surface area contributed by atoms with E-state index in [1.165, 1.54) is 18.2 Å². The lowest BCUT2D eigenvalue weighted by Crippen LogP contribution is -2.13. The molecule has 0 unspecified atom stereocenters. The van der Waals surface area contributed by atoms with Crippen molar-refractivity contribution in [2.24, 2.45) is 0 Å². The maximum atomic E-state index is 12.2. The number of hydrogen-bond donors (Lipinski definition) is 2. The second-order valence-corrected chi connectivity index (χ2v) is 6.36. The summed E-state index contributed by atoms with van der Waals surface area (Å²) in [6, 6.07) is 6.84. The minimum Gasteiger partial charge on any atom is -0.506 e. The van der Waals surface area contributed by atoms with Crippen molar-refractivity contribution in [3.05, 3.63) is 60.0 Å². The van der Waals surface area contributed by atoms with Crippen LogP contribution < -0.4 is 5.32 Å². The van der Waals surface area contributed by atoms with Gasteiger partial charge in [-0.05, 0) is 40.2 Å². The second-order valence-electron chi connectivity index (χ2n) is 4.16. The Morgan fingerprint density at radius 3 is 2.59 bits per heavy atom. The summed E-state index contributed by atoms with van der Waals surface area (Å²) in [6.45, 7) is 0. The first-order valence-corrected chi connectivity index (χ1v) is 7.69. The summed E-state index contributed by atoms with van der Waals surface area (Å²) in [5, 5.41) is 23.5. The zero-order valence-electron chi connectivity index (χ0n) is 10.6. The molecule has 114 valence electrons. The topological polar surface area (TPSA) is 92.5 Å². The van der Waals surface area contributed by atoms with Crippen LogP contribution in [0.4, 0.5) is 11.4 Å². The maximum Gasteiger partial charge on any atom is 0.294 e. The van der Waals surface area contributed by atoms with Crippen molar-refractivity contribution in [3.63, 3.8) is 0 Å². The van der Waals surface area contributed by atoms with Crippen molar-refractivity contribution in [2.45, 2.75) is 0 Å². The molecular formula is C13H7Br2ClN2O4. The zero-order chi connectivity index (χ0) is 16.4. The number of rotatable bonds is 3. The van der Waals surface area contributed by atoms with Gasteiger partial charge in [0.1, 0.15) is 11.4 Å². The predicted molar refractivity (Wildman–Crippen MR) is 89.6 cm³/mol. The van der Waals surface area contributed by atoms with E-state index in [1.807, 2.05) is 0 Å². The molecule has 0 aliphatic carbocycles. The molecule has 0 atom stereocenters. The lowest BCUT2D eigenvalue weighted by Gasteiger charge is -2.09. The van der Waals surface area contributed by atoms with E-state index >= 15 is 0 Å². The number of aromatic hydroxyl groups is 1. The van der Waals surface area contributed by atoms with Gasteiger partial charge in [-0.25, -0.2) is 0 Å². The maximum absolute atomic E-state index is 12.2. The summed E-state index contributed by atoms with van der Waals surface area (Å²) in [5.74, 6) is -0.956. The molecular weight excluding hydrogens is 443 g/mol. The van der Waals surface area contributed by atoms with Gasteiger partial charge in [0.15, 0.2) is 0 Å². The lowest BCUT2D eigenvalue weighted by atomic mass is 10.1. The number of amides is 1. The largest absolute Gasteiger partial charge is 0.506 e. The molecule has 0 fully saturated rings. The minimum atomic E-state index is -0.690. The van der Waals surface area contributed by atoms with Crippen molar-refractivity contribution in [1.82, 2.24) is 0 Å². The van der Waals surface area contributed by atoms with Crippen LogP contribution in [0.5, 0.6) is 5.75 Å². The number of nitrogens with one attached hydrogen (secondary N) is 1. The summed E-state index contributed by atoms with van der Waals surface area (Å²) in [4.78, 5) is 22.6. The Balaban J connectivity index is 2.40. The summed E-state index contributed by atoms with van der Waals surface area (Å²) >= 11 is 12.0. The van der Waals surface area contributed by atoms with Gasteiger partial charge in [0.05, 0.1) is 15.0 Å². The molecule has 0 bridgehead atoms. The molecule has 0 radical (unpaired) electrons. The van der Waals surface area contributed by atoms with Gasteiger partial charge in [0.2, 0.25) is 0 Å². The Morgan fingerprint density at radius 1 is 1.27 bits per heavy atom. The molecule has 0 aliphatic rings. The number of nitro benzene ring substituents is 1. The number of hydrogen-bond acceptors (Lipinski definition) is 4. The first-order valence-electron chi connectivity index (χ1n) is 5.73. The average molecular weight is 450 g/mol. The number of nitrogens with zero attached hydrogens (tertiary/aromatic N) is 1. The summed E-state index contributed by atoms with van der Waals surface area (Å²) < 4.78 is 0.880. The van der Waals surface area contributed by atoms with E-state index in [4.69, 9.17) is 11.6 Å². The third kappa shape index (κ3) is 3.57. The van der Waals surface area contributed by atoms with E-state index in [0.29, 0.717) is 8.95 Å². The van der Waals surface area contributed by atoms with Crippen LogP contribution >= 0.6 is 43.5 Å². The number of halogens is 3. The second kappa shape index (κ2) is 6.64. The van der Waals surface area contributed by atoms with E-state index in [2.05, 4.69) is 37.2 Å².